The van der Waals surface area contributed by atoms with Crippen LogP contribution in [0.25, 0.3) is 0 Å². The van der Waals surface area contributed by atoms with Gasteiger partial charge in [-0.1, -0.05) is 13.5 Å². The molecule has 0 aliphatic carbocycles. The molecule has 40 valence electrons. The fraction of sp³-hybridized carbons (Fsp3) is 0.667. The molecule has 0 bridgehead atoms. The van der Waals surface area contributed by atoms with Crippen LogP contribution in [-0.4, -0.2) is 6.61 Å². The molecule has 1 nitrogen and oxygen atoms in total. The third kappa shape index (κ3) is 0.952. The minimum atomic E-state index is 0.701. The van der Waals surface area contributed by atoms with E-state index < -0.39 is 0 Å². The van der Waals surface area contributed by atoms with Crippen LogP contribution in [0.15, 0.2) is 12.3 Å². The molecule has 1 heteroatoms. The van der Waals surface area contributed by atoms with E-state index >= 15 is 0 Å². The Morgan fingerprint density at radius 3 is 2.71 bits per heavy atom. The van der Waals surface area contributed by atoms with Crippen LogP contribution in [0, 0.1) is 5.92 Å². The zero-order valence-electron chi connectivity index (χ0n) is 4.61. The summed E-state index contributed by atoms with van der Waals surface area (Å²) in [5.74, 6) is 1.65. The minimum Gasteiger partial charge on any atom is -0.498 e. The fourth-order valence-corrected chi connectivity index (χ4v) is 0.767. The summed E-state index contributed by atoms with van der Waals surface area (Å²) in [6.45, 7) is 6.72. The largest absolute Gasteiger partial charge is 0.498 e. The van der Waals surface area contributed by atoms with E-state index in [1.165, 1.54) is 0 Å². The van der Waals surface area contributed by atoms with Gasteiger partial charge in [0.05, 0.1) is 12.4 Å². The highest BCUT2D eigenvalue weighted by Crippen LogP contribution is 2.19. The molecule has 1 atom stereocenters. The molecule has 0 unspecified atom stereocenters. The third-order valence-electron chi connectivity index (χ3n) is 1.15. The van der Waals surface area contributed by atoms with Crippen molar-refractivity contribution in [1.82, 2.24) is 0 Å². The van der Waals surface area contributed by atoms with Crippen LogP contribution in [0.3, 0.4) is 0 Å². The van der Waals surface area contributed by atoms with Crippen LogP contribution in [0.4, 0.5) is 0 Å². The van der Waals surface area contributed by atoms with Crippen LogP contribution in [0.2, 0.25) is 0 Å². The SMILES string of the molecule is C=C1C[C@@H](C)CO1. The zero-order valence-corrected chi connectivity index (χ0v) is 4.61. The molecule has 0 saturated carbocycles. The fourth-order valence-electron chi connectivity index (χ4n) is 0.767. The predicted octanol–water partition coefficient (Wildman–Crippen LogP) is 1.56. The smallest absolute Gasteiger partial charge is 0.0906 e. The van der Waals surface area contributed by atoms with Crippen LogP contribution in [0.5, 0.6) is 0 Å². The van der Waals surface area contributed by atoms with Crippen LogP contribution < -0.4 is 0 Å². The van der Waals surface area contributed by atoms with Gasteiger partial charge in [-0.3, -0.25) is 0 Å². The van der Waals surface area contributed by atoms with Crippen molar-refractivity contribution in [2.45, 2.75) is 13.3 Å². The second kappa shape index (κ2) is 1.57. The van der Waals surface area contributed by atoms with Crippen LogP contribution in [-0.2, 0) is 4.74 Å². The zero-order chi connectivity index (χ0) is 5.28. The van der Waals surface area contributed by atoms with Crippen molar-refractivity contribution >= 4 is 0 Å². The van der Waals surface area contributed by atoms with Crippen molar-refractivity contribution in [3.8, 4) is 0 Å². The van der Waals surface area contributed by atoms with Gasteiger partial charge in [0, 0.05) is 6.42 Å². The van der Waals surface area contributed by atoms with Gasteiger partial charge in [-0.05, 0) is 5.92 Å². The molecule has 1 rings (SSSR count). The molecule has 0 amide bonds. The third-order valence-corrected chi connectivity index (χ3v) is 1.15. The lowest BCUT2D eigenvalue weighted by Gasteiger charge is -1.89. The van der Waals surface area contributed by atoms with Gasteiger partial charge in [-0.2, -0.15) is 0 Å². The summed E-state index contributed by atoms with van der Waals surface area (Å²) in [5.41, 5.74) is 0. The maximum absolute atomic E-state index is 5.07. The van der Waals surface area contributed by atoms with E-state index in [0.717, 1.165) is 18.8 Å². The van der Waals surface area contributed by atoms with Crippen molar-refractivity contribution in [2.75, 3.05) is 6.61 Å². The molecule has 1 saturated heterocycles. The van der Waals surface area contributed by atoms with Gasteiger partial charge < -0.3 is 4.74 Å². The van der Waals surface area contributed by atoms with Crippen LogP contribution >= 0.6 is 0 Å². The average molecular weight is 98.1 g/mol. The Hall–Kier alpha value is -0.460. The molecular formula is C6H10O. The molecule has 7 heavy (non-hydrogen) atoms. The predicted molar refractivity (Wildman–Crippen MR) is 28.9 cm³/mol. The average Bonchev–Trinajstić information content (AvgIpc) is 1.87. The van der Waals surface area contributed by atoms with Crippen molar-refractivity contribution in [1.29, 1.82) is 0 Å². The number of hydrogen-bond donors (Lipinski definition) is 0. The first-order valence-corrected chi connectivity index (χ1v) is 2.59. The lowest BCUT2D eigenvalue weighted by Crippen LogP contribution is -1.88. The Morgan fingerprint density at radius 1 is 1.86 bits per heavy atom. The summed E-state index contributed by atoms with van der Waals surface area (Å²) in [7, 11) is 0. The Kier molecular flexibility index (Phi) is 1.05. The molecule has 1 aliphatic heterocycles. The number of hydrogen-bond acceptors (Lipinski definition) is 1. The van der Waals surface area contributed by atoms with Crippen LogP contribution in [0.1, 0.15) is 13.3 Å². The van der Waals surface area contributed by atoms with Gasteiger partial charge in [0.1, 0.15) is 0 Å². The second-order valence-electron chi connectivity index (χ2n) is 2.16. The van der Waals surface area contributed by atoms with Gasteiger partial charge in [-0.15, -0.1) is 0 Å². The highest BCUT2D eigenvalue weighted by molar-refractivity contribution is 4.89. The Balaban J connectivity index is 2.40. The van der Waals surface area contributed by atoms with Gasteiger partial charge in [0.15, 0.2) is 0 Å². The van der Waals surface area contributed by atoms with Gasteiger partial charge in [-0.25, -0.2) is 0 Å². The molecule has 1 aliphatic rings. The van der Waals surface area contributed by atoms with E-state index in [0.29, 0.717) is 5.92 Å². The maximum atomic E-state index is 5.07. The lowest BCUT2D eigenvalue weighted by molar-refractivity contribution is 0.247. The van der Waals surface area contributed by atoms with E-state index in [-0.39, 0.29) is 0 Å². The van der Waals surface area contributed by atoms with E-state index in [2.05, 4.69) is 13.5 Å². The quantitative estimate of drug-likeness (QED) is 0.446. The first-order valence-electron chi connectivity index (χ1n) is 2.59. The van der Waals surface area contributed by atoms with E-state index in [1.54, 1.807) is 0 Å². The highest BCUT2D eigenvalue weighted by atomic mass is 16.5. The van der Waals surface area contributed by atoms with Crippen molar-refractivity contribution in [3.05, 3.63) is 12.3 Å². The Bertz CT molecular complexity index is 86.2. The number of ether oxygens (including phenoxy) is 1. The summed E-state index contributed by atoms with van der Waals surface area (Å²) >= 11 is 0. The minimum absolute atomic E-state index is 0.701. The monoisotopic (exact) mass is 98.1 g/mol. The van der Waals surface area contributed by atoms with Gasteiger partial charge in [0.2, 0.25) is 0 Å². The van der Waals surface area contributed by atoms with Crippen molar-refractivity contribution in [2.24, 2.45) is 5.92 Å². The first kappa shape index (κ1) is 4.69. The topological polar surface area (TPSA) is 9.23 Å². The van der Waals surface area contributed by atoms with E-state index in [4.69, 9.17) is 4.74 Å². The molecular weight excluding hydrogens is 88.1 g/mol. The summed E-state index contributed by atoms with van der Waals surface area (Å²) in [4.78, 5) is 0. The standard InChI is InChI=1S/C6H10O/c1-5-3-6(2)7-4-5/h5H,2-4H2,1H3/t5-/m1/s1. The van der Waals surface area contributed by atoms with Gasteiger partial charge in [0.25, 0.3) is 0 Å². The Labute approximate surface area is 44.0 Å². The van der Waals surface area contributed by atoms with Crippen molar-refractivity contribution < 1.29 is 4.74 Å². The number of rotatable bonds is 0. The van der Waals surface area contributed by atoms with E-state index in [1.807, 2.05) is 0 Å². The molecule has 0 radical (unpaired) electrons. The molecule has 0 spiro atoms. The summed E-state index contributed by atoms with van der Waals surface area (Å²) in [6, 6.07) is 0. The second-order valence-corrected chi connectivity index (χ2v) is 2.16. The van der Waals surface area contributed by atoms with Gasteiger partial charge >= 0.3 is 0 Å². The molecule has 0 aromatic heterocycles. The van der Waals surface area contributed by atoms with Crippen molar-refractivity contribution in [3.63, 3.8) is 0 Å². The molecule has 1 heterocycles. The first-order chi connectivity index (χ1) is 3.29. The molecule has 0 N–H and O–H groups in total. The Morgan fingerprint density at radius 2 is 2.57 bits per heavy atom. The summed E-state index contributed by atoms with van der Waals surface area (Å²) < 4.78 is 5.07. The molecule has 0 aromatic rings. The highest BCUT2D eigenvalue weighted by Gasteiger charge is 2.12. The summed E-state index contributed by atoms with van der Waals surface area (Å²) in [6.07, 6.45) is 1.06. The maximum Gasteiger partial charge on any atom is 0.0906 e. The van der Waals surface area contributed by atoms with E-state index in [9.17, 15) is 0 Å². The lowest BCUT2D eigenvalue weighted by atomic mass is 10.1. The number of allylic oxidation sites excluding steroid dienone is 1. The molecule has 0 aromatic carbocycles. The normalized spacial score (nSPS) is 30.4. The molecule has 1 fully saturated rings. The summed E-state index contributed by atoms with van der Waals surface area (Å²) in [5, 5.41) is 0.